The number of urea groups is 1. The Hall–Kier alpha value is -1.95. The van der Waals surface area contributed by atoms with Crippen molar-refractivity contribution in [3.8, 4) is 11.5 Å². The number of nitrogens with zero attached hydrogens (tertiary/aromatic N) is 1. The van der Waals surface area contributed by atoms with Gasteiger partial charge in [-0.05, 0) is 29.7 Å². The van der Waals surface area contributed by atoms with Gasteiger partial charge >= 0.3 is 6.03 Å². The summed E-state index contributed by atoms with van der Waals surface area (Å²) >= 11 is 0. The molecule has 2 N–H and O–H groups in total. The molecule has 2 rings (SSSR count). The fraction of sp³-hybridized carbons (Fsp3) is 0.462. The van der Waals surface area contributed by atoms with Crippen LogP contribution in [0, 0.1) is 0 Å². The zero-order valence-corrected chi connectivity index (χ0v) is 11.1. The summed E-state index contributed by atoms with van der Waals surface area (Å²) in [4.78, 5) is 13.3. The maximum absolute atomic E-state index is 11.7. The number of amides is 2. The first-order valence-corrected chi connectivity index (χ1v) is 6.07. The van der Waals surface area contributed by atoms with Gasteiger partial charge in [-0.1, -0.05) is 0 Å². The zero-order valence-electron chi connectivity index (χ0n) is 11.1. The van der Waals surface area contributed by atoms with Crippen LogP contribution in [0.1, 0.15) is 11.1 Å². The van der Waals surface area contributed by atoms with Crippen LogP contribution in [0.2, 0.25) is 0 Å². The van der Waals surface area contributed by atoms with Crippen molar-refractivity contribution in [2.24, 2.45) is 0 Å². The molecule has 1 aliphatic rings. The van der Waals surface area contributed by atoms with Crippen LogP contribution in [0.5, 0.6) is 11.5 Å². The third-order valence-corrected chi connectivity index (χ3v) is 3.24. The van der Waals surface area contributed by atoms with Crippen LogP contribution in [-0.2, 0) is 13.0 Å². The van der Waals surface area contributed by atoms with E-state index < -0.39 is 0 Å². The predicted molar refractivity (Wildman–Crippen MR) is 69.3 cm³/mol. The van der Waals surface area contributed by atoms with E-state index in [1.165, 1.54) is 0 Å². The van der Waals surface area contributed by atoms with E-state index in [4.69, 9.17) is 14.6 Å². The van der Waals surface area contributed by atoms with Crippen molar-refractivity contribution in [2.45, 2.75) is 13.0 Å². The molecule has 19 heavy (non-hydrogen) atoms. The van der Waals surface area contributed by atoms with Crippen molar-refractivity contribution in [2.75, 3.05) is 27.5 Å². The van der Waals surface area contributed by atoms with Crippen molar-refractivity contribution < 1.29 is 19.4 Å². The quantitative estimate of drug-likeness (QED) is 0.791. The molecule has 104 valence electrons. The standard InChI is InChI=1S/C13H18N2O4/c1-18-11-5-9-3-4-15(13(17)14-8-16)7-10(9)6-12(11)19-2/h5-6,16H,3-4,7-8H2,1-2H3,(H,14,17). The van der Waals surface area contributed by atoms with Gasteiger partial charge in [0.05, 0.1) is 14.2 Å². The lowest BCUT2D eigenvalue weighted by atomic mass is 9.99. The molecule has 0 radical (unpaired) electrons. The Labute approximate surface area is 111 Å². The first-order valence-electron chi connectivity index (χ1n) is 6.07. The van der Waals surface area contributed by atoms with Gasteiger partial charge in [-0.3, -0.25) is 0 Å². The molecular weight excluding hydrogens is 248 g/mol. The molecule has 1 aliphatic heterocycles. The molecule has 1 aromatic carbocycles. The lowest BCUT2D eigenvalue weighted by Gasteiger charge is -2.29. The maximum atomic E-state index is 11.7. The highest BCUT2D eigenvalue weighted by Gasteiger charge is 2.22. The second kappa shape index (κ2) is 5.79. The van der Waals surface area contributed by atoms with Crippen LogP contribution in [0.3, 0.4) is 0 Å². The van der Waals surface area contributed by atoms with Crippen LogP contribution in [0.25, 0.3) is 0 Å². The first-order chi connectivity index (χ1) is 9.19. The number of methoxy groups -OCH3 is 2. The molecule has 6 heteroatoms. The largest absolute Gasteiger partial charge is 0.493 e. The van der Waals surface area contributed by atoms with Crippen LogP contribution in [-0.4, -0.2) is 43.5 Å². The number of benzene rings is 1. The molecule has 6 nitrogen and oxygen atoms in total. The number of ether oxygens (including phenoxy) is 2. The van der Waals surface area contributed by atoms with Gasteiger partial charge < -0.3 is 24.8 Å². The van der Waals surface area contributed by atoms with Crippen molar-refractivity contribution >= 4 is 6.03 Å². The summed E-state index contributed by atoms with van der Waals surface area (Å²) in [5, 5.41) is 11.1. The Balaban J connectivity index is 2.22. The SMILES string of the molecule is COc1cc2c(cc1OC)CN(C(=O)NCO)CC2. The average molecular weight is 266 g/mol. The molecule has 0 aliphatic carbocycles. The van der Waals surface area contributed by atoms with Crippen LogP contribution in [0.15, 0.2) is 12.1 Å². The van der Waals surface area contributed by atoms with Gasteiger partial charge in [0.25, 0.3) is 0 Å². The van der Waals surface area contributed by atoms with E-state index in [9.17, 15) is 4.79 Å². The fourth-order valence-electron chi connectivity index (χ4n) is 2.24. The second-order valence-electron chi connectivity index (χ2n) is 4.29. The van der Waals surface area contributed by atoms with Gasteiger partial charge in [0, 0.05) is 13.1 Å². The number of carbonyl (C=O) groups excluding carboxylic acids is 1. The second-order valence-corrected chi connectivity index (χ2v) is 4.29. The monoisotopic (exact) mass is 266 g/mol. The molecule has 0 spiro atoms. The minimum atomic E-state index is -0.353. The van der Waals surface area contributed by atoms with Gasteiger partial charge in [0.1, 0.15) is 6.73 Å². The Kier molecular flexibility index (Phi) is 4.11. The van der Waals surface area contributed by atoms with E-state index >= 15 is 0 Å². The minimum absolute atomic E-state index is 0.261. The molecule has 0 unspecified atom stereocenters. The number of hydrogen-bond donors (Lipinski definition) is 2. The first kappa shape index (κ1) is 13.5. The number of fused-ring (bicyclic) bond motifs is 1. The van der Waals surface area contributed by atoms with Gasteiger partial charge in [0.15, 0.2) is 11.5 Å². The number of carbonyl (C=O) groups is 1. The topological polar surface area (TPSA) is 71.0 Å². The van der Waals surface area contributed by atoms with Crippen molar-refractivity contribution in [3.05, 3.63) is 23.3 Å². The van der Waals surface area contributed by atoms with Crippen LogP contribution in [0.4, 0.5) is 4.79 Å². The predicted octanol–water partition coefficient (Wildman–Crippen LogP) is 0.721. The van der Waals surface area contributed by atoms with Crippen LogP contribution < -0.4 is 14.8 Å². The summed E-state index contributed by atoms with van der Waals surface area (Å²) in [7, 11) is 3.19. The van der Waals surface area contributed by atoms with E-state index in [0.29, 0.717) is 24.6 Å². The fourth-order valence-corrected chi connectivity index (χ4v) is 2.24. The zero-order chi connectivity index (χ0) is 13.8. The van der Waals surface area contributed by atoms with Crippen molar-refractivity contribution in [1.82, 2.24) is 10.2 Å². The van der Waals surface area contributed by atoms with Crippen molar-refractivity contribution in [1.29, 1.82) is 0 Å². The van der Waals surface area contributed by atoms with E-state index in [1.54, 1.807) is 19.1 Å². The van der Waals surface area contributed by atoms with Crippen LogP contribution >= 0.6 is 0 Å². The smallest absolute Gasteiger partial charge is 0.319 e. The summed E-state index contributed by atoms with van der Waals surface area (Å²) in [6.45, 7) is 0.768. The highest BCUT2D eigenvalue weighted by molar-refractivity contribution is 5.74. The Bertz CT molecular complexity index is 476. The van der Waals surface area contributed by atoms with E-state index in [2.05, 4.69) is 5.32 Å². The maximum Gasteiger partial charge on any atom is 0.319 e. The number of aliphatic hydroxyl groups excluding tert-OH is 1. The normalized spacial score (nSPS) is 13.7. The number of aliphatic hydroxyl groups is 1. The summed E-state index contributed by atoms with van der Waals surface area (Å²) in [6, 6.07) is 3.59. The summed E-state index contributed by atoms with van der Waals surface area (Å²) < 4.78 is 10.5. The highest BCUT2D eigenvalue weighted by Crippen LogP contribution is 2.33. The lowest BCUT2D eigenvalue weighted by Crippen LogP contribution is -2.43. The number of hydrogen-bond acceptors (Lipinski definition) is 4. The summed E-state index contributed by atoms with van der Waals surface area (Å²) in [5.41, 5.74) is 2.20. The Morgan fingerprint density at radius 2 is 1.95 bits per heavy atom. The summed E-state index contributed by atoms with van der Waals surface area (Å²) in [5.74, 6) is 1.36. The molecular formula is C13H18N2O4. The lowest BCUT2D eigenvalue weighted by molar-refractivity contribution is 0.175. The third kappa shape index (κ3) is 2.73. The Morgan fingerprint density at radius 1 is 1.32 bits per heavy atom. The van der Waals surface area contributed by atoms with Gasteiger partial charge in [0.2, 0.25) is 0 Å². The third-order valence-electron chi connectivity index (χ3n) is 3.24. The molecule has 0 bridgehead atoms. The van der Waals surface area contributed by atoms with E-state index in [0.717, 1.165) is 17.5 Å². The highest BCUT2D eigenvalue weighted by atomic mass is 16.5. The molecule has 0 saturated heterocycles. The molecule has 0 saturated carbocycles. The number of rotatable bonds is 3. The Morgan fingerprint density at radius 3 is 2.53 bits per heavy atom. The average Bonchev–Trinajstić information content (AvgIpc) is 2.45. The molecule has 0 aromatic heterocycles. The minimum Gasteiger partial charge on any atom is -0.493 e. The molecule has 2 amide bonds. The molecule has 1 heterocycles. The van der Waals surface area contributed by atoms with Gasteiger partial charge in [-0.15, -0.1) is 0 Å². The molecule has 0 fully saturated rings. The number of nitrogens with one attached hydrogen (secondary N) is 1. The van der Waals surface area contributed by atoms with Gasteiger partial charge in [-0.25, -0.2) is 4.79 Å². The molecule has 1 aromatic rings. The molecule has 0 atom stereocenters. The van der Waals surface area contributed by atoms with Crippen molar-refractivity contribution in [3.63, 3.8) is 0 Å². The van der Waals surface area contributed by atoms with E-state index in [1.807, 2.05) is 12.1 Å². The summed E-state index contributed by atoms with van der Waals surface area (Å²) in [6.07, 6.45) is 0.758. The van der Waals surface area contributed by atoms with Gasteiger partial charge in [-0.2, -0.15) is 0 Å². The van der Waals surface area contributed by atoms with E-state index in [-0.39, 0.29) is 12.8 Å².